The molecule has 0 fully saturated rings. The predicted molar refractivity (Wildman–Crippen MR) is 81.5 cm³/mol. The Morgan fingerprint density at radius 2 is 1.81 bits per heavy atom. The van der Waals surface area contributed by atoms with Crippen LogP contribution in [0.3, 0.4) is 0 Å². The minimum Gasteiger partial charge on any atom is -0.434 e. The third-order valence-corrected chi connectivity index (χ3v) is 4.10. The predicted octanol–water partition coefficient (Wildman–Crippen LogP) is 3.45. The van der Waals surface area contributed by atoms with Gasteiger partial charge < -0.3 is 10.5 Å². The number of ether oxygens (including phenoxy) is 1. The van der Waals surface area contributed by atoms with Crippen molar-refractivity contribution in [3.8, 4) is 11.6 Å². The molecular formula is C13H13BrN4O3. The van der Waals surface area contributed by atoms with Gasteiger partial charge in [-0.3, -0.25) is 10.1 Å². The van der Waals surface area contributed by atoms with Crippen LogP contribution in [0.4, 0.5) is 11.6 Å². The van der Waals surface area contributed by atoms with Crippen molar-refractivity contribution in [1.29, 1.82) is 0 Å². The Morgan fingerprint density at radius 1 is 1.24 bits per heavy atom. The molecule has 7 nitrogen and oxygen atoms in total. The van der Waals surface area contributed by atoms with Crippen LogP contribution < -0.4 is 10.5 Å². The summed E-state index contributed by atoms with van der Waals surface area (Å²) in [6.45, 7) is 5.29. The summed E-state index contributed by atoms with van der Waals surface area (Å²) in [6, 6.07) is 3.52. The van der Waals surface area contributed by atoms with Gasteiger partial charge in [-0.2, -0.15) is 4.98 Å². The Morgan fingerprint density at radius 3 is 2.33 bits per heavy atom. The van der Waals surface area contributed by atoms with Gasteiger partial charge in [-0.15, -0.1) is 0 Å². The van der Waals surface area contributed by atoms with Gasteiger partial charge in [0.15, 0.2) is 0 Å². The van der Waals surface area contributed by atoms with E-state index in [1.54, 1.807) is 12.1 Å². The fourth-order valence-corrected chi connectivity index (χ4v) is 2.15. The van der Waals surface area contributed by atoms with Gasteiger partial charge in [0.1, 0.15) is 11.4 Å². The van der Waals surface area contributed by atoms with Gasteiger partial charge in [0, 0.05) is 4.47 Å². The summed E-state index contributed by atoms with van der Waals surface area (Å²) < 4.78 is 6.52. The molecule has 0 radical (unpaired) electrons. The summed E-state index contributed by atoms with van der Waals surface area (Å²) in [7, 11) is 0. The minimum atomic E-state index is -0.581. The molecule has 1 heterocycles. The van der Waals surface area contributed by atoms with Crippen LogP contribution in [0.1, 0.15) is 16.8 Å². The highest BCUT2D eigenvalue weighted by Crippen LogP contribution is 2.34. The zero-order valence-corrected chi connectivity index (χ0v) is 13.3. The highest BCUT2D eigenvalue weighted by atomic mass is 79.9. The SMILES string of the molecule is Cc1cc(Oc2nc(N)nc(C)c2[N+](=O)[O-])cc(C)c1Br. The number of nitro groups is 1. The number of benzene rings is 1. The maximum atomic E-state index is 11.1. The number of halogens is 1. The van der Waals surface area contributed by atoms with Crippen molar-refractivity contribution in [2.24, 2.45) is 0 Å². The second-order valence-electron chi connectivity index (χ2n) is 4.55. The molecular weight excluding hydrogens is 340 g/mol. The van der Waals surface area contributed by atoms with Gasteiger partial charge in [-0.1, -0.05) is 15.9 Å². The van der Waals surface area contributed by atoms with Gasteiger partial charge in [-0.25, -0.2) is 4.98 Å². The monoisotopic (exact) mass is 352 g/mol. The van der Waals surface area contributed by atoms with Crippen molar-refractivity contribution in [1.82, 2.24) is 9.97 Å². The molecule has 1 aromatic heterocycles. The molecule has 0 saturated heterocycles. The quantitative estimate of drug-likeness (QED) is 0.669. The van der Waals surface area contributed by atoms with E-state index >= 15 is 0 Å². The van der Waals surface area contributed by atoms with Crippen LogP contribution in [0.5, 0.6) is 11.6 Å². The molecule has 0 amide bonds. The first-order chi connectivity index (χ1) is 9.79. The summed E-state index contributed by atoms with van der Waals surface area (Å²) in [6.07, 6.45) is 0. The molecule has 8 heteroatoms. The van der Waals surface area contributed by atoms with E-state index in [-0.39, 0.29) is 23.2 Å². The second kappa shape index (κ2) is 5.65. The van der Waals surface area contributed by atoms with E-state index in [4.69, 9.17) is 10.5 Å². The topological polar surface area (TPSA) is 104 Å². The first-order valence-corrected chi connectivity index (χ1v) is 6.82. The zero-order valence-electron chi connectivity index (χ0n) is 11.7. The number of nitrogen functional groups attached to an aromatic ring is 1. The van der Waals surface area contributed by atoms with Crippen LogP contribution in [-0.4, -0.2) is 14.9 Å². The van der Waals surface area contributed by atoms with E-state index in [2.05, 4.69) is 25.9 Å². The van der Waals surface area contributed by atoms with Crippen molar-refractivity contribution >= 4 is 27.6 Å². The lowest BCUT2D eigenvalue weighted by molar-refractivity contribution is -0.386. The number of hydrogen-bond donors (Lipinski definition) is 1. The molecule has 21 heavy (non-hydrogen) atoms. The third kappa shape index (κ3) is 3.10. The zero-order chi connectivity index (χ0) is 15.7. The molecule has 0 saturated carbocycles. The summed E-state index contributed by atoms with van der Waals surface area (Å²) in [5, 5.41) is 11.1. The van der Waals surface area contributed by atoms with Crippen molar-refractivity contribution in [3.05, 3.63) is 43.5 Å². The minimum absolute atomic E-state index is 0.0707. The summed E-state index contributed by atoms with van der Waals surface area (Å²) >= 11 is 3.45. The molecule has 0 unspecified atom stereocenters. The lowest BCUT2D eigenvalue weighted by atomic mass is 10.1. The molecule has 0 bridgehead atoms. The lowest BCUT2D eigenvalue weighted by Gasteiger charge is -2.10. The highest BCUT2D eigenvalue weighted by Gasteiger charge is 2.24. The molecule has 0 aliphatic carbocycles. The van der Waals surface area contributed by atoms with Crippen LogP contribution in [0.2, 0.25) is 0 Å². The van der Waals surface area contributed by atoms with Crippen molar-refractivity contribution in [3.63, 3.8) is 0 Å². The van der Waals surface area contributed by atoms with Crippen molar-refractivity contribution in [2.45, 2.75) is 20.8 Å². The first kappa shape index (κ1) is 15.2. The largest absolute Gasteiger partial charge is 0.434 e. The standard InChI is InChI=1S/C13H13BrN4O3/c1-6-4-9(5-7(2)10(6)14)21-12-11(18(19)20)8(3)16-13(15)17-12/h4-5H,1-3H3,(H2,15,16,17). The number of hydrogen-bond acceptors (Lipinski definition) is 6. The lowest BCUT2D eigenvalue weighted by Crippen LogP contribution is -2.05. The van der Waals surface area contributed by atoms with E-state index in [1.807, 2.05) is 13.8 Å². The number of aryl methyl sites for hydroxylation is 3. The summed E-state index contributed by atoms with van der Waals surface area (Å²) in [4.78, 5) is 18.2. The van der Waals surface area contributed by atoms with Gasteiger partial charge >= 0.3 is 11.6 Å². The highest BCUT2D eigenvalue weighted by molar-refractivity contribution is 9.10. The third-order valence-electron chi connectivity index (χ3n) is 2.85. The number of aromatic nitrogens is 2. The van der Waals surface area contributed by atoms with E-state index in [0.29, 0.717) is 5.75 Å². The van der Waals surface area contributed by atoms with E-state index in [0.717, 1.165) is 15.6 Å². The van der Waals surface area contributed by atoms with Crippen LogP contribution in [0.25, 0.3) is 0 Å². The molecule has 2 N–H and O–H groups in total. The molecule has 2 rings (SSSR count). The smallest absolute Gasteiger partial charge is 0.352 e. The number of rotatable bonds is 3. The molecule has 110 valence electrons. The normalized spacial score (nSPS) is 10.5. The Labute approximate surface area is 129 Å². The first-order valence-electron chi connectivity index (χ1n) is 6.02. The fraction of sp³-hybridized carbons (Fsp3) is 0.231. The summed E-state index contributed by atoms with van der Waals surface area (Å²) in [5.41, 5.74) is 7.31. The average molecular weight is 353 g/mol. The second-order valence-corrected chi connectivity index (χ2v) is 5.34. The van der Waals surface area contributed by atoms with Gasteiger partial charge in [0.2, 0.25) is 5.95 Å². The van der Waals surface area contributed by atoms with Crippen LogP contribution >= 0.6 is 15.9 Å². The van der Waals surface area contributed by atoms with Crippen molar-refractivity contribution in [2.75, 3.05) is 5.73 Å². The van der Waals surface area contributed by atoms with Crippen LogP contribution in [-0.2, 0) is 0 Å². The van der Waals surface area contributed by atoms with Gasteiger partial charge in [0.05, 0.1) is 4.92 Å². The Hall–Kier alpha value is -2.22. The van der Waals surface area contributed by atoms with Gasteiger partial charge in [-0.05, 0) is 44.0 Å². The van der Waals surface area contributed by atoms with Crippen molar-refractivity contribution < 1.29 is 9.66 Å². The average Bonchev–Trinajstić information content (AvgIpc) is 2.34. The number of nitrogens with two attached hydrogens (primary N) is 1. The van der Waals surface area contributed by atoms with E-state index in [1.165, 1.54) is 6.92 Å². The molecule has 0 atom stereocenters. The summed E-state index contributed by atoms with van der Waals surface area (Å²) in [5.74, 6) is 0.221. The maximum absolute atomic E-state index is 11.1. The molecule has 0 spiro atoms. The van der Waals surface area contributed by atoms with Crippen LogP contribution in [0, 0.1) is 30.9 Å². The Bertz CT molecular complexity index is 711. The molecule has 2 aromatic rings. The molecule has 0 aliphatic rings. The maximum Gasteiger partial charge on any atom is 0.352 e. The number of nitrogens with zero attached hydrogens (tertiary/aromatic N) is 3. The Kier molecular flexibility index (Phi) is 4.08. The van der Waals surface area contributed by atoms with E-state index < -0.39 is 4.92 Å². The fourth-order valence-electron chi connectivity index (χ4n) is 1.92. The molecule has 1 aromatic carbocycles. The number of anilines is 1. The Balaban J connectivity index is 2.51. The van der Waals surface area contributed by atoms with Gasteiger partial charge in [0.25, 0.3) is 0 Å². The van der Waals surface area contributed by atoms with E-state index in [9.17, 15) is 10.1 Å². The molecule has 0 aliphatic heterocycles. The van der Waals surface area contributed by atoms with Crippen LogP contribution in [0.15, 0.2) is 16.6 Å².